The summed E-state index contributed by atoms with van der Waals surface area (Å²) in [6.45, 7) is 4.03. The van der Waals surface area contributed by atoms with Gasteiger partial charge in [-0.05, 0) is 41.9 Å². The van der Waals surface area contributed by atoms with Crippen LogP contribution in [0.3, 0.4) is 0 Å². The highest BCUT2D eigenvalue weighted by Gasteiger charge is 2.10. The van der Waals surface area contributed by atoms with E-state index < -0.39 is 11.6 Å². The van der Waals surface area contributed by atoms with E-state index in [4.69, 9.17) is 9.47 Å². The summed E-state index contributed by atoms with van der Waals surface area (Å²) in [4.78, 5) is 2.13. The fourth-order valence-corrected chi connectivity index (χ4v) is 2.41. The molecule has 0 saturated heterocycles. The SMILES string of the molecule is CCN(Cc1ccc(F)c(F)c1)Cc1ccc(OC)c(OC)c1. The molecule has 0 fully saturated rings. The van der Waals surface area contributed by atoms with Crippen molar-refractivity contribution in [3.8, 4) is 11.5 Å². The fourth-order valence-electron chi connectivity index (χ4n) is 2.41. The summed E-state index contributed by atoms with van der Waals surface area (Å²) in [6, 6.07) is 9.76. The van der Waals surface area contributed by atoms with E-state index in [-0.39, 0.29) is 0 Å². The molecule has 0 aliphatic carbocycles. The van der Waals surface area contributed by atoms with Crippen molar-refractivity contribution >= 4 is 0 Å². The molecule has 2 aromatic carbocycles. The number of benzene rings is 2. The summed E-state index contributed by atoms with van der Waals surface area (Å²) in [5.74, 6) is -0.282. The minimum absolute atomic E-state index is 0.544. The Morgan fingerprint density at radius 3 is 2.00 bits per heavy atom. The third-order valence-electron chi connectivity index (χ3n) is 3.69. The van der Waals surface area contributed by atoms with E-state index >= 15 is 0 Å². The van der Waals surface area contributed by atoms with E-state index in [0.717, 1.165) is 23.7 Å². The van der Waals surface area contributed by atoms with Gasteiger partial charge in [0.15, 0.2) is 23.1 Å². The Hall–Kier alpha value is -2.14. The molecule has 5 heteroatoms. The highest BCUT2D eigenvalue weighted by Crippen LogP contribution is 2.28. The Kier molecular flexibility index (Phi) is 5.93. The fraction of sp³-hybridized carbons (Fsp3) is 0.333. The molecule has 0 N–H and O–H groups in total. The zero-order valence-corrected chi connectivity index (χ0v) is 13.6. The molecule has 0 aromatic heterocycles. The molecule has 0 bridgehead atoms. The smallest absolute Gasteiger partial charge is 0.161 e. The molecule has 23 heavy (non-hydrogen) atoms. The van der Waals surface area contributed by atoms with E-state index in [1.165, 1.54) is 6.07 Å². The quantitative estimate of drug-likeness (QED) is 0.769. The highest BCUT2D eigenvalue weighted by molar-refractivity contribution is 5.42. The summed E-state index contributed by atoms with van der Waals surface area (Å²) in [6.07, 6.45) is 0. The average Bonchev–Trinajstić information content (AvgIpc) is 2.57. The summed E-state index contributed by atoms with van der Waals surface area (Å²) < 4.78 is 36.9. The summed E-state index contributed by atoms with van der Waals surface area (Å²) >= 11 is 0. The monoisotopic (exact) mass is 321 g/mol. The molecular formula is C18H21F2NO2. The van der Waals surface area contributed by atoms with E-state index in [1.807, 2.05) is 25.1 Å². The number of halogens is 2. The molecule has 0 aliphatic rings. The predicted molar refractivity (Wildman–Crippen MR) is 85.7 cm³/mol. The Balaban J connectivity index is 2.11. The second-order valence-electron chi connectivity index (χ2n) is 5.24. The van der Waals surface area contributed by atoms with Crippen LogP contribution in [-0.4, -0.2) is 25.7 Å². The first-order chi connectivity index (χ1) is 11.1. The molecule has 0 aliphatic heterocycles. The van der Waals surface area contributed by atoms with Gasteiger partial charge in [0.25, 0.3) is 0 Å². The van der Waals surface area contributed by atoms with Crippen molar-refractivity contribution in [3.05, 3.63) is 59.2 Å². The van der Waals surface area contributed by atoms with Gasteiger partial charge in [-0.15, -0.1) is 0 Å². The number of hydrogen-bond donors (Lipinski definition) is 0. The molecule has 0 unspecified atom stereocenters. The van der Waals surface area contributed by atoms with Crippen molar-refractivity contribution in [1.29, 1.82) is 0 Å². The van der Waals surface area contributed by atoms with Crippen LogP contribution >= 0.6 is 0 Å². The first-order valence-electron chi connectivity index (χ1n) is 7.44. The van der Waals surface area contributed by atoms with Gasteiger partial charge in [-0.2, -0.15) is 0 Å². The maximum absolute atomic E-state index is 13.3. The molecule has 3 nitrogen and oxygen atoms in total. The lowest BCUT2D eigenvalue weighted by molar-refractivity contribution is 0.270. The van der Waals surface area contributed by atoms with Gasteiger partial charge >= 0.3 is 0 Å². The number of nitrogens with zero attached hydrogens (tertiary/aromatic N) is 1. The summed E-state index contributed by atoms with van der Waals surface area (Å²) in [5.41, 5.74) is 1.80. The number of methoxy groups -OCH3 is 2. The van der Waals surface area contributed by atoms with Crippen molar-refractivity contribution in [2.45, 2.75) is 20.0 Å². The van der Waals surface area contributed by atoms with Crippen LogP contribution in [0.4, 0.5) is 8.78 Å². The molecular weight excluding hydrogens is 300 g/mol. The second kappa shape index (κ2) is 7.92. The number of ether oxygens (including phenoxy) is 2. The zero-order chi connectivity index (χ0) is 16.8. The van der Waals surface area contributed by atoms with Gasteiger partial charge < -0.3 is 9.47 Å². The summed E-state index contributed by atoms with van der Waals surface area (Å²) in [5, 5.41) is 0. The maximum atomic E-state index is 13.3. The molecule has 0 atom stereocenters. The number of rotatable bonds is 7. The highest BCUT2D eigenvalue weighted by atomic mass is 19.2. The van der Waals surface area contributed by atoms with Crippen molar-refractivity contribution in [2.24, 2.45) is 0 Å². The standard InChI is InChI=1S/C18H21F2NO2/c1-4-21(11-13-5-7-15(19)16(20)9-13)12-14-6-8-17(22-2)18(10-14)23-3/h5-10H,4,11-12H2,1-3H3. The maximum Gasteiger partial charge on any atom is 0.161 e. The molecule has 0 heterocycles. The van der Waals surface area contributed by atoms with Crippen molar-refractivity contribution in [3.63, 3.8) is 0 Å². The van der Waals surface area contributed by atoms with Gasteiger partial charge in [-0.3, -0.25) is 4.90 Å². The van der Waals surface area contributed by atoms with Crippen LogP contribution in [0, 0.1) is 11.6 Å². The molecule has 0 amide bonds. The predicted octanol–water partition coefficient (Wildman–Crippen LogP) is 4.00. The van der Waals surface area contributed by atoms with Crippen molar-refractivity contribution in [1.82, 2.24) is 4.90 Å². The average molecular weight is 321 g/mol. The largest absolute Gasteiger partial charge is 0.493 e. The van der Waals surface area contributed by atoms with Crippen LogP contribution in [0.1, 0.15) is 18.1 Å². The van der Waals surface area contributed by atoms with Crippen molar-refractivity contribution < 1.29 is 18.3 Å². The first kappa shape index (κ1) is 17.2. The van der Waals surface area contributed by atoms with Crippen LogP contribution in [0.25, 0.3) is 0 Å². The Morgan fingerprint density at radius 1 is 0.826 bits per heavy atom. The van der Waals surface area contributed by atoms with Crippen LogP contribution in [0.2, 0.25) is 0 Å². The lowest BCUT2D eigenvalue weighted by atomic mass is 10.1. The van der Waals surface area contributed by atoms with Gasteiger partial charge in [0.1, 0.15) is 0 Å². The lowest BCUT2D eigenvalue weighted by Gasteiger charge is -2.21. The van der Waals surface area contributed by atoms with Gasteiger partial charge in [0.05, 0.1) is 14.2 Å². The van der Waals surface area contributed by atoms with Crippen LogP contribution < -0.4 is 9.47 Å². The van der Waals surface area contributed by atoms with E-state index in [9.17, 15) is 8.78 Å². The van der Waals surface area contributed by atoms with E-state index in [1.54, 1.807) is 20.3 Å². The van der Waals surface area contributed by atoms with Crippen molar-refractivity contribution in [2.75, 3.05) is 20.8 Å². The molecule has 0 radical (unpaired) electrons. The Labute approximate surface area is 135 Å². The third kappa shape index (κ3) is 4.42. The van der Waals surface area contributed by atoms with Gasteiger partial charge in [0.2, 0.25) is 0 Å². The van der Waals surface area contributed by atoms with E-state index in [2.05, 4.69) is 4.90 Å². The molecule has 0 saturated carbocycles. The van der Waals surface area contributed by atoms with Crippen LogP contribution in [0.5, 0.6) is 11.5 Å². The first-order valence-corrected chi connectivity index (χ1v) is 7.44. The van der Waals surface area contributed by atoms with Gasteiger partial charge in [0, 0.05) is 13.1 Å². The Morgan fingerprint density at radius 2 is 1.43 bits per heavy atom. The molecule has 124 valence electrons. The Bertz CT molecular complexity index is 661. The number of hydrogen-bond acceptors (Lipinski definition) is 3. The van der Waals surface area contributed by atoms with Gasteiger partial charge in [-0.25, -0.2) is 8.78 Å². The van der Waals surface area contributed by atoms with Gasteiger partial charge in [-0.1, -0.05) is 19.1 Å². The minimum Gasteiger partial charge on any atom is -0.493 e. The second-order valence-corrected chi connectivity index (χ2v) is 5.24. The minimum atomic E-state index is -0.823. The third-order valence-corrected chi connectivity index (χ3v) is 3.69. The van der Waals surface area contributed by atoms with Crippen LogP contribution in [0.15, 0.2) is 36.4 Å². The molecule has 2 rings (SSSR count). The zero-order valence-electron chi connectivity index (χ0n) is 13.6. The van der Waals surface area contributed by atoms with Crippen LogP contribution in [-0.2, 0) is 13.1 Å². The lowest BCUT2D eigenvalue weighted by Crippen LogP contribution is -2.22. The molecule has 2 aromatic rings. The van der Waals surface area contributed by atoms with E-state index in [0.29, 0.717) is 24.6 Å². The normalized spacial score (nSPS) is 10.9. The molecule has 0 spiro atoms. The topological polar surface area (TPSA) is 21.7 Å². The summed E-state index contributed by atoms with van der Waals surface area (Å²) in [7, 11) is 3.19.